The van der Waals surface area contributed by atoms with Crippen LogP contribution in [0.2, 0.25) is 0 Å². The van der Waals surface area contributed by atoms with E-state index in [0.717, 1.165) is 28.0 Å². The molecule has 100 valence electrons. The Morgan fingerprint density at radius 3 is 2.89 bits per heavy atom. The molecule has 1 N–H and O–H groups in total. The summed E-state index contributed by atoms with van der Waals surface area (Å²) in [6.45, 7) is 4.13. The number of aryl methyl sites for hydroxylation is 1. The minimum absolute atomic E-state index is 0.0863. The van der Waals surface area contributed by atoms with E-state index in [-0.39, 0.29) is 11.8 Å². The number of hydrogen-bond donors (Lipinski definition) is 1. The van der Waals surface area contributed by atoms with Crippen LogP contribution in [0.25, 0.3) is 10.2 Å². The van der Waals surface area contributed by atoms with E-state index in [0.29, 0.717) is 11.0 Å². The normalized spacial score (nSPS) is 21.4. The van der Waals surface area contributed by atoms with Gasteiger partial charge in [-0.25, -0.2) is 4.98 Å². The SMILES string of the molecule is COc1ccc(C)c2sc(NC(=O)C3CC3C)nc12. The average Bonchev–Trinajstić information content (AvgIpc) is 2.96. The topological polar surface area (TPSA) is 51.2 Å². The highest BCUT2D eigenvalue weighted by Crippen LogP contribution is 2.40. The highest BCUT2D eigenvalue weighted by molar-refractivity contribution is 7.22. The van der Waals surface area contributed by atoms with Gasteiger partial charge in [-0.2, -0.15) is 0 Å². The molecular formula is C14H16N2O2S. The summed E-state index contributed by atoms with van der Waals surface area (Å²) in [4.78, 5) is 16.4. The lowest BCUT2D eigenvalue weighted by atomic mass is 10.2. The van der Waals surface area contributed by atoms with Crippen LogP contribution >= 0.6 is 11.3 Å². The summed E-state index contributed by atoms with van der Waals surface area (Å²) < 4.78 is 6.38. The molecule has 1 fully saturated rings. The van der Waals surface area contributed by atoms with Crippen LogP contribution in [0.3, 0.4) is 0 Å². The Morgan fingerprint density at radius 2 is 2.26 bits per heavy atom. The van der Waals surface area contributed by atoms with Crippen LogP contribution < -0.4 is 10.1 Å². The van der Waals surface area contributed by atoms with Gasteiger partial charge in [0.2, 0.25) is 5.91 Å². The van der Waals surface area contributed by atoms with E-state index >= 15 is 0 Å². The number of benzene rings is 1. The zero-order valence-electron chi connectivity index (χ0n) is 11.2. The smallest absolute Gasteiger partial charge is 0.229 e. The molecule has 0 spiro atoms. The lowest BCUT2D eigenvalue weighted by molar-refractivity contribution is -0.117. The van der Waals surface area contributed by atoms with Gasteiger partial charge in [0, 0.05) is 5.92 Å². The van der Waals surface area contributed by atoms with E-state index in [4.69, 9.17) is 4.74 Å². The van der Waals surface area contributed by atoms with E-state index in [1.54, 1.807) is 7.11 Å². The van der Waals surface area contributed by atoms with Crippen LogP contribution in [0.5, 0.6) is 5.75 Å². The zero-order valence-corrected chi connectivity index (χ0v) is 12.0. The lowest BCUT2D eigenvalue weighted by Gasteiger charge is -2.01. The number of carbonyl (C=O) groups excluding carboxylic acids is 1. The first kappa shape index (κ1) is 12.4. The van der Waals surface area contributed by atoms with E-state index < -0.39 is 0 Å². The summed E-state index contributed by atoms with van der Waals surface area (Å²) in [7, 11) is 1.63. The summed E-state index contributed by atoms with van der Waals surface area (Å²) in [5.74, 6) is 1.50. The molecule has 0 saturated heterocycles. The van der Waals surface area contributed by atoms with Crippen molar-refractivity contribution >= 4 is 32.6 Å². The number of aromatic nitrogens is 1. The second-order valence-electron chi connectivity index (χ2n) is 5.09. The molecule has 0 bridgehead atoms. The number of rotatable bonds is 3. The Labute approximate surface area is 115 Å². The molecule has 4 nitrogen and oxygen atoms in total. The largest absolute Gasteiger partial charge is 0.494 e. The van der Waals surface area contributed by atoms with Gasteiger partial charge >= 0.3 is 0 Å². The number of nitrogens with one attached hydrogen (secondary N) is 1. The number of anilines is 1. The maximum absolute atomic E-state index is 11.9. The molecule has 1 aliphatic rings. The van der Waals surface area contributed by atoms with Crippen LogP contribution in [0.15, 0.2) is 12.1 Å². The first-order valence-electron chi connectivity index (χ1n) is 6.35. The molecule has 19 heavy (non-hydrogen) atoms. The molecule has 2 aromatic rings. The molecule has 1 heterocycles. The van der Waals surface area contributed by atoms with E-state index in [1.165, 1.54) is 11.3 Å². The molecule has 1 aliphatic carbocycles. The van der Waals surface area contributed by atoms with Crippen LogP contribution in [0.4, 0.5) is 5.13 Å². The molecule has 2 unspecified atom stereocenters. The molecular weight excluding hydrogens is 260 g/mol. The Kier molecular flexibility index (Phi) is 2.93. The van der Waals surface area contributed by atoms with Crippen molar-refractivity contribution in [2.24, 2.45) is 11.8 Å². The minimum atomic E-state index is 0.0863. The number of carbonyl (C=O) groups is 1. The molecule has 2 atom stereocenters. The van der Waals surface area contributed by atoms with Crippen LogP contribution in [0.1, 0.15) is 18.9 Å². The van der Waals surface area contributed by atoms with Gasteiger partial charge in [0.1, 0.15) is 11.3 Å². The molecule has 1 aromatic carbocycles. The molecule has 3 rings (SSSR count). The molecule has 0 aliphatic heterocycles. The summed E-state index contributed by atoms with van der Waals surface area (Å²) in [5, 5.41) is 3.57. The fourth-order valence-electron chi connectivity index (χ4n) is 2.21. The Bertz CT molecular complexity index is 650. The van der Waals surface area contributed by atoms with E-state index in [2.05, 4.69) is 17.2 Å². The number of hydrogen-bond acceptors (Lipinski definition) is 4. The molecule has 5 heteroatoms. The molecule has 0 radical (unpaired) electrons. The Morgan fingerprint density at radius 1 is 1.53 bits per heavy atom. The van der Waals surface area contributed by atoms with E-state index in [9.17, 15) is 4.79 Å². The maximum atomic E-state index is 11.9. The van der Waals surface area contributed by atoms with Gasteiger partial charge in [-0.05, 0) is 30.9 Å². The van der Waals surface area contributed by atoms with Crippen molar-refractivity contribution in [2.45, 2.75) is 20.3 Å². The fourth-order valence-corrected chi connectivity index (χ4v) is 3.17. The van der Waals surface area contributed by atoms with Crippen molar-refractivity contribution in [2.75, 3.05) is 12.4 Å². The van der Waals surface area contributed by atoms with Crippen molar-refractivity contribution in [3.63, 3.8) is 0 Å². The van der Waals surface area contributed by atoms with Gasteiger partial charge in [0.25, 0.3) is 0 Å². The maximum Gasteiger partial charge on any atom is 0.229 e. The summed E-state index contributed by atoms with van der Waals surface area (Å²) in [6.07, 6.45) is 0.985. The number of amides is 1. The third-order valence-electron chi connectivity index (χ3n) is 3.60. The number of nitrogens with zero attached hydrogens (tertiary/aromatic N) is 1. The highest BCUT2D eigenvalue weighted by Gasteiger charge is 2.39. The van der Waals surface area contributed by atoms with Gasteiger partial charge in [-0.15, -0.1) is 0 Å². The van der Waals surface area contributed by atoms with Crippen molar-refractivity contribution in [3.05, 3.63) is 17.7 Å². The van der Waals surface area contributed by atoms with Crippen molar-refractivity contribution in [3.8, 4) is 5.75 Å². The van der Waals surface area contributed by atoms with Gasteiger partial charge in [0.05, 0.1) is 11.8 Å². The lowest BCUT2D eigenvalue weighted by Crippen LogP contribution is -2.14. The van der Waals surface area contributed by atoms with Gasteiger partial charge < -0.3 is 10.1 Å². The van der Waals surface area contributed by atoms with Gasteiger partial charge in [0.15, 0.2) is 5.13 Å². The van der Waals surface area contributed by atoms with Crippen molar-refractivity contribution in [1.82, 2.24) is 4.98 Å². The molecule has 1 saturated carbocycles. The summed E-state index contributed by atoms with van der Waals surface area (Å²) in [6, 6.07) is 3.92. The van der Waals surface area contributed by atoms with Gasteiger partial charge in [-0.3, -0.25) is 4.79 Å². The van der Waals surface area contributed by atoms with E-state index in [1.807, 2.05) is 19.1 Å². The monoisotopic (exact) mass is 276 g/mol. The number of ether oxygens (including phenoxy) is 1. The Hall–Kier alpha value is -1.62. The van der Waals surface area contributed by atoms with Crippen molar-refractivity contribution < 1.29 is 9.53 Å². The Balaban J connectivity index is 1.93. The predicted octanol–water partition coefficient (Wildman–Crippen LogP) is 3.21. The second-order valence-corrected chi connectivity index (χ2v) is 6.09. The van der Waals surface area contributed by atoms with Crippen molar-refractivity contribution in [1.29, 1.82) is 0 Å². The number of methoxy groups -OCH3 is 1. The third kappa shape index (κ3) is 2.18. The number of fused-ring (bicyclic) bond motifs is 1. The zero-order chi connectivity index (χ0) is 13.6. The molecule has 1 aromatic heterocycles. The highest BCUT2D eigenvalue weighted by atomic mass is 32.1. The van der Waals surface area contributed by atoms with Crippen LogP contribution in [0, 0.1) is 18.8 Å². The van der Waals surface area contributed by atoms with Crippen LogP contribution in [-0.2, 0) is 4.79 Å². The first-order valence-corrected chi connectivity index (χ1v) is 7.16. The molecule has 1 amide bonds. The van der Waals surface area contributed by atoms with Crippen LogP contribution in [-0.4, -0.2) is 18.0 Å². The average molecular weight is 276 g/mol. The second kappa shape index (κ2) is 4.49. The quantitative estimate of drug-likeness (QED) is 0.936. The van der Waals surface area contributed by atoms with Gasteiger partial charge in [-0.1, -0.05) is 24.3 Å². The first-order chi connectivity index (χ1) is 9.10. The summed E-state index contributed by atoms with van der Waals surface area (Å²) >= 11 is 1.51. The summed E-state index contributed by atoms with van der Waals surface area (Å²) in [5.41, 5.74) is 1.97. The third-order valence-corrected chi connectivity index (χ3v) is 4.71. The number of thiazole rings is 1. The fraction of sp³-hybridized carbons (Fsp3) is 0.429. The predicted molar refractivity (Wildman–Crippen MR) is 76.8 cm³/mol. The standard InChI is InChI=1S/C14H16N2O2S/c1-7-4-5-10(18-3)11-12(7)19-14(15-11)16-13(17)9-6-8(9)2/h4-5,8-9H,6H2,1-3H3,(H,15,16,17). The minimum Gasteiger partial charge on any atom is -0.494 e.